The second-order valence-electron chi connectivity index (χ2n) is 4.93. The molecular weight excluding hydrogens is 284 g/mol. The Morgan fingerprint density at radius 3 is 2.41 bits per heavy atom. The van der Waals surface area contributed by atoms with Gasteiger partial charge in [0.05, 0.1) is 4.92 Å². The Labute approximate surface area is 127 Å². The number of benzene rings is 2. The van der Waals surface area contributed by atoms with Gasteiger partial charge in [0.2, 0.25) is 0 Å². The zero-order valence-electron chi connectivity index (χ0n) is 12.3. The number of amides is 1. The number of nitro groups is 1. The molecule has 0 aliphatic rings. The average Bonchev–Trinajstić information content (AvgIpc) is 2.47. The van der Waals surface area contributed by atoms with E-state index in [0.29, 0.717) is 5.69 Å². The summed E-state index contributed by atoms with van der Waals surface area (Å²) in [7, 11) is 0. The van der Waals surface area contributed by atoms with Gasteiger partial charge in [0, 0.05) is 11.8 Å². The van der Waals surface area contributed by atoms with Crippen molar-refractivity contribution in [3.05, 3.63) is 63.7 Å². The largest absolute Gasteiger partial charge is 0.477 e. The van der Waals surface area contributed by atoms with E-state index in [4.69, 9.17) is 4.74 Å². The third-order valence-electron chi connectivity index (χ3n) is 3.01. The van der Waals surface area contributed by atoms with E-state index in [1.807, 2.05) is 19.1 Å². The van der Waals surface area contributed by atoms with Gasteiger partial charge in [0.1, 0.15) is 0 Å². The topological polar surface area (TPSA) is 81.5 Å². The molecule has 0 saturated heterocycles. The minimum Gasteiger partial charge on any atom is -0.477 e. The quantitative estimate of drug-likeness (QED) is 0.679. The first kappa shape index (κ1) is 15.5. The number of anilines is 1. The number of aryl methyl sites for hydroxylation is 2. The van der Waals surface area contributed by atoms with Crippen LogP contribution >= 0.6 is 0 Å². The van der Waals surface area contributed by atoms with E-state index in [0.717, 1.165) is 11.1 Å². The van der Waals surface area contributed by atoms with Crippen molar-refractivity contribution >= 4 is 17.3 Å². The Morgan fingerprint density at radius 2 is 1.77 bits per heavy atom. The van der Waals surface area contributed by atoms with Crippen LogP contribution in [0.5, 0.6) is 5.75 Å². The number of carbonyl (C=O) groups excluding carboxylic acids is 1. The lowest BCUT2D eigenvalue weighted by molar-refractivity contribution is -0.385. The second-order valence-corrected chi connectivity index (χ2v) is 4.93. The summed E-state index contributed by atoms with van der Waals surface area (Å²) in [5.74, 6) is -0.288. The lowest BCUT2D eigenvalue weighted by Gasteiger charge is -2.08. The SMILES string of the molecule is Cc1ccc(NC(=O)COc2cc(C)ccc2[N+](=O)[O-])cc1. The van der Waals surface area contributed by atoms with Crippen LogP contribution in [-0.4, -0.2) is 17.4 Å². The van der Waals surface area contributed by atoms with Gasteiger partial charge < -0.3 is 10.1 Å². The van der Waals surface area contributed by atoms with Crippen LogP contribution in [0.25, 0.3) is 0 Å². The Morgan fingerprint density at radius 1 is 1.14 bits per heavy atom. The lowest BCUT2D eigenvalue weighted by Crippen LogP contribution is -2.20. The number of nitro benzene ring substituents is 1. The van der Waals surface area contributed by atoms with Gasteiger partial charge in [0.25, 0.3) is 5.91 Å². The summed E-state index contributed by atoms with van der Waals surface area (Å²) in [5.41, 5.74) is 2.40. The molecule has 22 heavy (non-hydrogen) atoms. The zero-order chi connectivity index (χ0) is 16.1. The fourth-order valence-electron chi connectivity index (χ4n) is 1.87. The number of ether oxygens (including phenoxy) is 1. The van der Waals surface area contributed by atoms with Crippen molar-refractivity contribution < 1.29 is 14.5 Å². The number of carbonyl (C=O) groups is 1. The van der Waals surface area contributed by atoms with E-state index in [2.05, 4.69) is 5.32 Å². The second kappa shape index (κ2) is 6.71. The molecule has 0 fully saturated rings. The van der Waals surface area contributed by atoms with Crippen molar-refractivity contribution in [2.45, 2.75) is 13.8 Å². The van der Waals surface area contributed by atoms with Gasteiger partial charge in [-0.05, 0) is 37.6 Å². The van der Waals surface area contributed by atoms with Gasteiger partial charge >= 0.3 is 5.69 Å². The first-order valence-corrected chi connectivity index (χ1v) is 6.70. The summed E-state index contributed by atoms with van der Waals surface area (Å²) >= 11 is 0. The molecule has 0 heterocycles. The summed E-state index contributed by atoms with van der Waals surface area (Å²) in [5, 5.41) is 13.6. The minimum absolute atomic E-state index is 0.0871. The van der Waals surface area contributed by atoms with Gasteiger partial charge in [-0.3, -0.25) is 14.9 Å². The van der Waals surface area contributed by atoms with E-state index >= 15 is 0 Å². The number of rotatable bonds is 5. The fourth-order valence-corrected chi connectivity index (χ4v) is 1.87. The number of nitrogens with one attached hydrogen (secondary N) is 1. The van der Waals surface area contributed by atoms with Crippen LogP contribution in [0.2, 0.25) is 0 Å². The molecule has 2 aromatic carbocycles. The standard InChI is InChI=1S/C16H16N2O4/c1-11-3-6-13(7-4-11)17-16(19)10-22-15-9-12(2)5-8-14(15)18(20)21/h3-9H,10H2,1-2H3,(H,17,19). The van der Waals surface area contributed by atoms with Crippen LogP contribution in [0.3, 0.4) is 0 Å². The van der Waals surface area contributed by atoms with Gasteiger partial charge in [-0.25, -0.2) is 0 Å². The van der Waals surface area contributed by atoms with Gasteiger partial charge in [-0.2, -0.15) is 0 Å². The number of nitrogens with zero attached hydrogens (tertiary/aromatic N) is 1. The minimum atomic E-state index is -0.535. The Balaban J connectivity index is 2.00. The van der Waals surface area contributed by atoms with Crippen LogP contribution in [0.15, 0.2) is 42.5 Å². The lowest BCUT2D eigenvalue weighted by atomic mass is 10.2. The maximum Gasteiger partial charge on any atom is 0.310 e. The predicted octanol–water partition coefficient (Wildman–Crippen LogP) is 3.23. The molecule has 0 aliphatic carbocycles. The molecule has 1 N–H and O–H groups in total. The highest BCUT2D eigenvalue weighted by atomic mass is 16.6. The van der Waals surface area contributed by atoms with Crippen molar-refractivity contribution in [2.24, 2.45) is 0 Å². The van der Waals surface area contributed by atoms with Crippen LogP contribution in [0, 0.1) is 24.0 Å². The summed E-state index contributed by atoms with van der Waals surface area (Å²) in [6, 6.07) is 11.8. The number of hydrogen-bond acceptors (Lipinski definition) is 4. The van der Waals surface area contributed by atoms with Crippen molar-refractivity contribution in [1.82, 2.24) is 0 Å². The molecular formula is C16H16N2O4. The zero-order valence-corrected chi connectivity index (χ0v) is 12.3. The van der Waals surface area contributed by atoms with Crippen LogP contribution < -0.4 is 10.1 Å². The van der Waals surface area contributed by atoms with Gasteiger partial charge in [-0.15, -0.1) is 0 Å². The van der Waals surface area contributed by atoms with Gasteiger partial charge in [0.15, 0.2) is 12.4 Å². The summed E-state index contributed by atoms with van der Waals surface area (Å²) in [4.78, 5) is 22.2. The van der Waals surface area contributed by atoms with Crippen molar-refractivity contribution in [3.8, 4) is 5.75 Å². The summed E-state index contributed by atoms with van der Waals surface area (Å²) < 4.78 is 5.28. The van der Waals surface area contributed by atoms with Crippen molar-refractivity contribution in [2.75, 3.05) is 11.9 Å². The van der Waals surface area contributed by atoms with E-state index in [9.17, 15) is 14.9 Å². The highest BCUT2D eigenvalue weighted by Gasteiger charge is 2.16. The summed E-state index contributed by atoms with van der Waals surface area (Å²) in [6.45, 7) is 3.45. The van der Waals surface area contributed by atoms with Crippen molar-refractivity contribution in [3.63, 3.8) is 0 Å². The van der Waals surface area contributed by atoms with E-state index in [1.165, 1.54) is 12.1 Å². The van der Waals surface area contributed by atoms with Crippen LogP contribution in [0.1, 0.15) is 11.1 Å². The average molecular weight is 300 g/mol. The molecule has 0 atom stereocenters. The molecule has 0 saturated carbocycles. The van der Waals surface area contributed by atoms with E-state index in [1.54, 1.807) is 25.1 Å². The highest BCUT2D eigenvalue weighted by Crippen LogP contribution is 2.27. The van der Waals surface area contributed by atoms with Crippen LogP contribution in [-0.2, 0) is 4.79 Å². The van der Waals surface area contributed by atoms with Crippen molar-refractivity contribution in [1.29, 1.82) is 0 Å². The Kier molecular flexibility index (Phi) is 4.73. The third-order valence-corrected chi connectivity index (χ3v) is 3.01. The molecule has 114 valence electrons. The molecule has 0 bridgehead atoms. The van der Waals surface area contributed by atoms with E-state index < -0.39 is 4.92 Å². The molecule has 0 aliphatic heterocycles. The van der Waals surface area contributed by atoms with Gasteiger partial charge in [-0.1, -0.05) is 23.8 Å². The normalized spacial score (nSPS) is 10.1. The highest BCUT2D eigenvalue weighted by molar-refractivity contribution is 5.91. The molecule has 6 heteroatoms. The first-order valence-electron chi connectivity index (χ1n) is 6.70. The smallest absolute Gasteiger partial charge is 0.310 e. The Bertz CT molecular complexity index is 696. The molecule has 0 radical (unpaired) electrons. The number of hydrogen-bond donors (Lipinski definition) is 1. The molecule has 0 spiro atoms. The predicted molar refractivity (Wildman–Crippen MR) is 83.1 cm³/mol. The van der Waals surface area contributed by atoms with Crippen LogP contribution in [0.4, 0.5) is 11.4 Å². The first-order chi connectivity index (χ1) is 10.5. The molecule has 0 aromatic heterocycles. The Hall–Kier alpha value is -2.89. The molecule has 2 rings (SSSR count). The molecule has 6 nitrogen and oxygen atoms in total. The maximum absolute atomic E-state index is 11.8. The third kappa shape index (κ3) is 4.05. The van der Waals surface area contributed by atoms with E-state index in [-0.39, 0.29) is 24.0 Å². The molecule has 1 amide bonds. The maximum atomic E-state index is 11.8. The monoisotopic (exact) mass is 300 g/mol. The summed E-state index contributed by atoms with van der Waals surface area (Å²) in [6.07, 6.45) is 0. The molecule has 0 unspecified atom stereocenters. The molecule has 2 aromatic rings. The fraction of sp³-hybridized carbons (Fsp3) is 0.188.